The van der Waals surface area contributed by atoms with Gasteiger partial charge in [0.1, 0.15) is 0 Å². The van der Waals surface area contributed by atoms with Gasteiger partial charge in [0, 0.05) is 25.0 Å². The van der Waals surface area contributed by atoms with Crippen molar-refractivity contribution in [3.8, 4) is 0 Å². The molecule has 0 saturated heterocycles. The summed E-state index contributed by atoms with van der Waals surface area (Å²) >= 11 is 5.92. The predicted octanol–water partition coefficient (Wildman–Crippen LogP) is 4.16. The lowest BCUT2D eigenvalue weighted by Crippen LogP contribution is -2.36. The number of halogens is 1. The lowest BCUT2D eigenvalue weighted by Gasteiger charge is -2.30. The van der Waals surface area contributed by atoms with Crippen molar-refractivity contribution in [1.82, 2.24) is 4.90 Å². The molecule has 0 radical (unpaired) electrons. The van der Waals surface area contributed by atoms with Crippen LogP contribution in [-0.4, -0.2) is 23.4 Å². The van der Waals surface area contributed by atoms with E-state index in [1.807, 2.05) is 0 Å². The van der Waals surface area contributed by atoms with E-state index in [0.29, 0.717) is 12.0 Å². The van der Waals surface area contributed by atoms with Crippen LogP contribution >= 0.6 is 11.6 Å². The second-order valence-corrected chi connectivity index (χ2v) is 5.24. The molecule has 0 spiro atoms. The third kappa shape index (κ3) is 5.10. The Hall–Kier alpha value is -0.530. The number of benzene rings is 1. The molecular formula is C15H24ClN. The fourth-order valence-electron chi connectivity index (χ4n) is 1.93. The first-order valence-corrected chi connectivity index (χ1v) is 7.04. The molecular weight excluding hydrogens is 230 g/mol. The van der Waals surface area contributed by atoms with Crippen molar-refractivity contribution in [2.75, 3.05) is 12.4 Å². The van der Waals surface area contributed by atoms with E-state index >= 15 is 0 Å². The highest BCUT2D eigenvalue weighted by Crippen LogP contribution is 2.13. The van der Waals surface area contributed by atoms with Crippen LogP contribution in [0, 0.1) is 5.92 Å². The Labute approximate surface area is 111 Å². The first-order chi connectivity index (χ1) is 8.17. The summed E-state index contributed by atoms with van der Waals surface area (Å²) in [5.41, 5.74) is 1.38. The maximum atomic E-state index is 5.92. The average molecular weight is 254 g/mol. The third-order valence-corrected chi connectivity index (χ3v) is 3.78. The first-order valence-electron chi connectivity index (χ1n) is 6.51. The standard InChI is InChI=1S/C15H24ClN/c1-4-14(3)17(11-13(2)10-16)12-15-8-6-5-7-9-15/h5-9,13-14H,4,10-12H2,1-3H3. The molecule has 0 aliphatic rings. The maximum absolute atomic E-state index is 5.92. The SMILES string of the molecule is CCC(C)N(Cc1ccccc1)CC(C)CCl. The van der Waals surface area contributed by atoms with Crippen LogP contribution in [0.1, 0.15) is 32.8 Å². The average Bonchev–Trinajstić information content (AvgIpc) is 2.38. The van der Waals surface area contributed by atoms with Gasteiger partial charge >= 0.3 is 0 Å². The highest BCUT2D eigenvalue weighted by molar-refractivity contribution is 6.18. The van der Waals surface area contributed by atoms with Crippen molar-refractivity contribution >= 4 is 11.6 Å². The van der Waals surface area contributed by atoms with E-state index in [0.717, 1.165) is 19.0 Å². The van der Waals surface area contributed by atoms with E-state index in [4.69, 9.17) is 11.6 Å². The van der Waals surface area contributed by atoms with Gasteiger partial charge in [0.15, 0.2) is 0 Å². The number of hydrogen-bond donors (Lipinski definition) is 0. The Kier molecular flexibility index (Phi) is 6.61. The molecule has 1 aromatic carbocycles. The zero-order valence-corrected chi connectivity index (χ0v) is 12.0. The highest BCUT2D eigenvalue weighted by Gasteiger charge is 2.15. The molecule has 2 unspecified atom stereocenters. The van der Waals surface area contributed by atoms with Gasteiger partial charge in [-0.15, -0.1) is 11.6 Å². The van der Waals surface area contributed by atoms with Crippen molar-refractivity contribution in [1.29, 1.82) is 0 Å². The number of rotatable bonds is 7. The molecule has 0 aliphatic heterocycles. The monoisotopic (exact) mass is 253 g/mol. The molecule has 96 valence electrons. The van der Waals surface area contributed by atoms with E-state index < -0.39 is 0 Å². The van der Waals surface area contributed by atoms with E-state index in [1.165, 1.54) is 12.0 Å². The van der Waals surface area contributed by atoms with Gasteiger partial charge in [-0.05, 0) is 24.8 Å². The molecule has 0 bridgehead atoms. The molecule has 1 rings (SSSR count). The Morgan fingerprint density at radius 3 is 2.35 bits per heavy atom. The van der Waals surface area contributed by atoms with Gasteiger partial charge < -0.3 is 0 Å². The van der Waals surface area contributed by atoms with Crippen LogP contribution in [-0.2, 0) is 6.54 Å². The summed E-state index contributed by atoms with van der Waals surface area (Å²) in [5, 5.41) is 0. The summed E-state index contributed by atoms with van der Waals surface area (Å²) in [6, 6.07) is 11.3. The van der Waals surface area contributed by atoms with Crippen LogP contribution in [0.25, 0.3) is 0 Å². The summed E-state index contributed by atoms with van der Waals surface area (Å²) in [7, 11) is 0. The van der Waals surface area contributed by atoms with Crippen LogP contribution < -0.4 is 0 Å². The van der Waals surface area contributed by atoms with E-state index in [9.17, 15) is 0 Å². The van der Waals surface area contributed by atoms with Crippen molar-refractivity contribution in [2.24, 2.45) is 5.92 Å². The van der Waals surface area contributed by atoms with Gasteiger partial charge in [0.25, 0.3) is 0 Å². The van der Waals surface area contributed by atoms with E-state index in [2.05, 4.69) is 56.0 Å². The summed E-state index contributed by atoms with van der Waals surface area (Å²) < 4.78 is 0. The second kappa shape index (κ2) is 7.73. The zero-order chi connectivity index (χ0) is 12.7. The zero-order valence-electron chi connectivity index (χ0n) is 11.2. The summed E-state index contributed by atoms with van der Waals surface area (Å²) in [5.74, 6) is 1.29. The minimum Gasteiger partial charge on any atom is -0.296 e. The van der Waals surface area contributed by atoms with Gasteiger partial charge in [0.2, 0.25) is 0 Å². The normalized spacial score (nSPS) is 14.9. The molecule has 1 aromatic rings. The van der Waals surface area contributed by atoms with Crippen LogP contribution in [0.3, 0.4) is 0 Å². The van der Waals surface area contributed by atoms with Gasteiger partial charge in [0.05, 0.1) is 0 Å². The van der Waals surface area contributed by atoms with Crippen molar-refractivity contribution in [2.45, 2.75) is 39.8 Å². The molecule has 0 heterocycles. The fraction of sp³-hybridized carbons (Fsp3) is 0.600. The van der Waals surface area contributed by atoms with Crippen LogP contribution in [0.4, 0.5) is 0 Å². The smallest absolute Gasteiger partial charge is 0.0261 e. The predicted molar refractivity (Wildman–Crippen MR) is 76.5 cm³/mol. The van der Waals surface area contributed by atoms with Crippen LogP contribution in [0.15, 0.2) is 30.3 Å². The molecule has 17 heavy (non-hydrogen) atoms. The second-order valence-electron chi connectivity index (χ2n) is 4.93. The van der Waals surface area contributed by atoms with Gasteiger partial charge in [-0.25, -0.2) is 0 Å². The molecule has 1 nitrogen and oxygen atoms in total. The Balaban J connectivity index is 2.63. The minimum absolute atomic E-state index is 0.550. The summed E-state index contributed by atoms with van der Waals surface area (Å²) in [6.45, 7) is 8.86. The highest BCUT2D eigenvalue weighted by atomic mass is 35.5. The topological polar surface area (TPSA) is 3.24 Å². The quantitative estimate of drug-likeness (QED) is 0.660. The lowest BCUT2D eigenvalue weighted by atomic mass is 10.1. The number of alkyl halides is 1. The summed E-state index contributed by atoms with van der Waals surface area (Å²) in [6.07, 6.45) is 1.18. The van der Waals surface area contributed by atoms with Crippen molar-refractivity contribution in [3.63, 3.8) is 0 Å². The molecule has 0 fully saturated rings. The summed E-state index contributed by atoms with van der Waals surface area (Å²) in [4.78, 5) is 2.53. The molecule has 0 saturated carbocycles. The molecule has 0 aromatic heterocycles. The van der Waals surface area contributed by atoms with Crippen LogP contribution in [0.5, 0.6) is 0 Å². The van der Waals surface area contributed by atoms with E-state index in [-0.39, 0.29) is 0 Å². The number of nitrogens with zero attached hydrogens (tertiary/aromatic N) is 1. The Morgan fingerprint density at radius 2 is 1.82 bits per heavy atom. The lowest BCUT2D eigenvalue weighted by molar-refractivity contribution is 0.174. The third-order valence-electron chi connectivity index (χ3n) is 3.25. The van der Waals surface area contributed by atoms with Gasteiger partial charge in [-0.3, -0.25) is 4.90 Å². The maximum Gasteiger partial charge on any atom is 0.0261 e. The molecule has 0 N–H and O–H groups in total. The van der Waals surface area contributed by atoms with Gasteiger partial charge in [-0.1, -0.05) is 44.2 Å². The van der Waals surface area contributed by atoms with Crippen LogP contribution in [0.2, 0.25) is 0 Å². The molecule has 2 heteroatoms. The van der Waals surface area contributed by atoms with Crippen molar-refractivity contribution in [3.05, 3.63) is 35.9 Å². The first kappa shape index (κ1) is 14.5. The number of hydrogen-bond acceptors (Lipinski definition) is 1. The molecule has 2 atom stereocenters. The minimum atomic E-state index is 0.550. The molecule has 0 amide bonds. The van der Waals surface area contributed by atoms with E-state index in [1.54, 1.807) is 0 Å². The van der Waals surface area contributed by atoms with Gasteiger partial charge in [-0.2, -0.15) is 0 Å². The Morgan fingerprint density at radius 1 is 1.18 bits per heavy atom. The largest absolute Gasteiger partial charge is 0.296 e. The fourth-order valence-corrected chi connectivity index (χ4v) is 2.02. The Bertz CT molecular complexity index is 299. The molecule has 0 aliphatic carbocycles. The van der Waals surface area contributed by atoms with Crippen molar-refractivity contribution < 1.29 is 0 Å².